The Morgan fingerprint density at radius 3 is 2.42 bits per heavy atom. The molecule has 1 fully saturated rings. The number of aliphatic hydroxyl groups is 2. The summed E-state index contributed by atoms with van der Waals surface area (Å²) in [6.45, 7) is 9.03. The number of benzene rings is 1. The van der Waals surface area contributed by atoms with E-state index in [1.165, 1.54) is 0 Å². The van der Waals surface area contributed by atoms with Crippen molar-refractivity contribution in [2.75, 3.05) is 13.1 Å². The number of likely N-dealkylation sites (tertiary alicyclic amines) is 1. The van der Waals surface area contributed by atoms with Gasteiger partial charge in [0.1, 0.15) is 0 Å². The van der Waals surface area contributed by atoms with E-state index in [-0.39, 0.29) is 11.9 Å². The highest BCUT2D eigenvalue weighted by Crippen LogP contribution is 2.16. The summed E-state index contributed by atoms with van der Waals surface area (Å²) in [6.07, 6.45) is 0.927. The van der Waals surface area contributed by atoms with Gasteiger partial charge in [-0.15, -0.1) is 0 Å². The van der Waals surface area contributed by atoms with Crippen molar-refractivity contribution in [3.63, 3.8) is 0 Å². The highest BCUT2D eigenvalue weighted by atomic mass is 16.3. The first-order chi connectivity index (χ1) is 11.2. The molecule has 5 heteroatoms. The molecule has 2 atom stereocenters. The Labute approximate surface area is 144 Å². The molecule has 1 aliphatic rings. The van der Waals surface area contributed by atoms with Crippen molar-refractivity contribution in [2.24, 2.45) is 0 Å². The Bertz CT molecular complexity index is 549. The fourth-order valence-electron chi connectivity index (χ4n) is 2.90. The number of carbonyl (C=O) groups is 1. The first-order valence-electron chi connectivity index (χ1n) is 8.70. The van der Waals surface area contributed by atoms with Gasteiger partial charge in [0, 0.05) is 24.7 Å². The van der Waals surface area contributed by atoms with Crippen molar-refractivity contribution in [2.45, 2.75) is 64.3 Å². The Morgan fingerprint density at radius 2 is 1.92 bits per heavy atom. The van der Waals surface area contributed by atoms with Crippen LogP contribution in [0.1, 0.15) is 50.0 Å². The Morgan fingerprint density at radius 1 is 1.29 bits per heavy atom. The summed E-state index contributed by atoms with van der Waals surface area (Å²) in [6, 6.07) is 7.58. The van der Waals surface area contributed by atoms with Crippen molar-refractivity contribution < 1.29 is 15.0 Å². The monoisotopic (exact) mass is 334 g/mol. The van der Waals surface area contributed by atoms with Crippen LogP contribution in [0.4, 0.5) is 0 Å². The number of nitrogens with zero attached hydrogens (tertiary/aromatic N) is 1. The second-order valence-electron chi connectivity index (χ2n) is 7.70. The van der Waals surface area contributed by atoms with Crippen LogP contribution in [0.25, 0.3) is 0 Å². The Kier molecular flexibility index (Phi) is 6.01. The van der Waals surface area contributed by atoms with Crippen LogP contribution in [-0.2, 0) is 6.42 Å². The van der Waals surface area contributed by atoms with Gasteiger partial charge in [0.25, 0.3) is 5.91 Å². The van der Waals surface area contributed by atoms with Gasteiger partial charge >= 0.3 is 0 Å². The van der Waals surface area contributed by atoms with Gasteiger partial charge in [0.05, 0.1) is 17.7 Å². The number of rotatable bonds is 6. The molecule has 0 saturated carbocycles. The molecular weight excluding hydrogens is 304 g/mol. The molecule has 1 aromatic carbocycles. The van der Waals surface area contributed by atoms with Crippen LogP contribution in [0.5, 0.6) is 0 Å². The zero-order chi connectivity index (χ0) is 17.9. The molecule has 1 saturated heterocycles. The van der Waals surface area contributed by atoms with Gasteiger partial charge in [-0.3, -0.25) is 9.69 Å². The average Bonchev–Trinajstić information content (AvgIpc) is 2.86. The van der Waals surface area contributed by atoms with E-state index in [0.29, 0.717) is 31.1 Å². The number of hydrogen-bond donors (Lipinski definition) is 3. The predicted molar refractivity (Wildman–Crippen MR) is 95.0 cm³/mol. The highest BCUT2D eigenvalue weighted by Gasteiger charge is 2.33. The quantitative estimate of drug-likeness (QED) is 0.738. The van der Waals surface area contributed by atoms with E-state index < -0.39 is 11.7 Å². The van der Waals surface area contributed by atoms with Crippen molar-refractivity contribution in [3.05, 3.63) is 35.4 Å². The summed E-state index contributed by atoms with van der Waals surface area (Å²) < 4.78 is 0. The zero-order valence-electron chi connectivity index (χ0n) is 15.1. The number of aryl methyl sites for hydroxylation is 1. The van der Waals surface area contributed by atoms with Gasteiger partial charge in [-0.2, -0.15) is 0 Å². The maximum absolute atomic E-state index is 12.4. The van der Waals surface area contributed by atoms with E-state index in [1.54, 1.807) is 26.0 Å². The summed E-state index contributed by atoms with van der Waals surface area (Å²) in [5.41, 5.74) is 1.01. The first kappa shape index (κ1) is 18.9. The molecule has 5 nitrogen and oxygen atoms in total. The zero-order valence-corrected chi connectivity index (χ0v) is 15.1. The summed E-state index contributed by atoms with van der Waals surface area (Å²) >= 11 is 0. The van der Waals surface area contributed by atoms with Gasteiger partial charge in [-0.05, 0) is 58.2 Å². The number of aliphatic hydroxyl groups excluding tert-OH is 1. The number of hydrogen-bond acceptors (Lipinski definition) is 4. The second-order valence-corrected chi connectivity index (χ2v) is 7.70. The van der Waals surface area contributed by atoms with Crippen LogP contribution in [0.15, 0.2) is 24.3 Å². The van der Waals surface area contributed by atoms with Gasteiger partial charge in [0.15, 0.2) is 0 Å². The molecule has 1 aliphatic heterocycles. The molecular formula is C19H30N2O3. The Balaban J connectivity index is 1.91. The van der Waals surface area contributed by atoms with Gasteiger partial charge in [-0.25, -0.2) is 0 Å². The molecule has 3 N–H and O–H groups in total. The van der Waals surface area contributed by atoms with Gasteiger partial charge in [0.2, 0.25) is 0 Å². The maximum atomic E-state index is 12.4. The molecule has 24 heavy (non-hydrogen) atoms. The third-order valence-corrected chi connectivity index (χ3v) is 4.61. The minimum atomic E-state index is -0.684. The molecule has 134 valence electrons. The van der Waals surface area contributed by atoms with E-state index in [1.807, 2.05) is 12.1 Å². The lowest BCUT2D eigenvalue weighted by Gasteiger charge is -2.20. The van der Waals surface area contributed by atoms with Gasteiger partial charge < -0.3 is 15.5 Å². The normalized spacial score (nSPS) is 22.1. The summed E-state index contributed by atoms with van der Waals surface area (Å²) in [4.78, 5) is 14.5. The van der Waals surface area contributed by atoms with E-state index in [2.05, 4.69) is 24.1 Å². The van der Waals surface area contributed by atoms with E-state index in [9.17, 15) is 15.0 Å². The van der Waals surface area contributed by atoms with Crippen LogP contribution in [0, 0.1) is 0 Å². The molecule has 0 spiro atoms. The van der Waals surface area contributed by atoms with Crippen molar-refractivity contribution in [3.8, 4) is 0 Å². The molecule has 1 heterocycles. The lowest BCUT2D eigenvalue weighted by molar-refractivity contribution is 0.0713. The maximum Gasteiger partial charge on any atom is 0.251 e. The SMILES string of the molecule is CC(C)N1C[C@H](NC(=O)c2ccc(CCC(C)(C)O)cc2)[C@@H](O)C1. The lowest BCUT2D eigenvalue weighted by atomic mass is 9.98. The smallest absolute Gasteiger partial charge is 0.251 e. The number of amides is 1. The van der Waals surface area contributed by atoms with Crippen molar-refractivity contribution >= 4 is 5.91 Å². The third-order valence-electron chi connectivity index (χ3n) is 4.61. The second kappa shape index (κ2) is 7.64. The molecule has 1 aromatic rings. The highest BCUT2D eigenvalue weighted by molar-refractivity contribution is 5.94. The van der Waals surface area contributed by atoms with Crippen LogP contribution in [0.2, 0.25) is 0 Å². The molecule has 0 bridgehead atoms. The topological polar surface area (TPSA) is 72.8 Å². The van der Waals surface area contributed by atoms with Crippen LogP contribution < -0.4 is 5.32 Å². The van der Waals surface area contributed by atoms with E-state index in [0.717, 1.165) is 12.0 Å². The summed E-state index contributed by atoms with van der Waals surface area (Å²) in [7, 11) is 0. The molecule has 2 rings (SSSR count). The molecule has 1 amide bonds. The third kappa shape index (κ3) is 5.30. The fraction of sp³-hybridized carbons (Fsp3) is 0.632. The summed E-state index contributed by atoms with van der Waals surface area (Å²) in [5.74, 6) is -0.154. The molecule has 0 unspecified atom stereocenters. The van der Waals surface area contributed by atoms with Crippen molar-refractivity contribution in [1.29, 1.82) is 0 Å². The standard InChI is InChI=1S/C19H30N2O3/c1-13(2)21-11-16(17(22)12-21)20-18(23)15-7-5-14(6-8-15)9-10-19(3,4)24/h5-8,13,16-17,22,24H,9-12H2,1-4H3,(H,20,23)/t16-,17-/m0/s1. The minimum absolute atomic E-state index is 0.154. The number of nitrogens with one attached hydrogen (secondary N) is 1. The molecule has 0 aromatic heterocycles. The first-order valence-corrected chi connectivity index (χ1v) is 8.70. The van der Waals surface area contributed by atoms with E-state index in [4.69, 9.17) is 0 Å². The number of β-amino-alcohol motifs (C(OH)–C–C–N with tert-alkyl or cyclic N) is 1. The van der Waals surface area contributed by atoms with Crippen LogP contribution >= 0.6 is 0 Å². The minimum Gasteiger partial charge on any atom is -0.390 e. The van der Waals surface area contributed by atoms with Crippen molar-refractivity contribution in [1.82, 2.24) is 10.2 Å². The lowest BCUT2D eigenvalue weighted by Crippen LogP contribution is -2.43. The van der Waals surface area contributed by atoms with Gasteiger partial charge in [-0.1, -0.05) is 12.1 Å². The Hall–Kier alpha value is -1.43. The van der Waals surface area contributed by atoms with E-state index >= 15 is 0 Å². The number of carbonyl (C=O) groups excluding carboxylic acids is 1. The van der Waals surface area contributed by atoms with Crippen LogP contribution in [0.3, 0.4) is 0 Å². The largest absolute Gasteiger partial charge is 0.390 e. The van der Waals surface area contributed by atoms with Crippen LogP contribution in [-0.4, -0.2) is 57.9 Å². The fourth-order valence-corrected chi connectivity index (χ4v) is 2.90. The molecule has 0 aliphatic carbocycles. The average molecular weight is 334 g/mol. The predicted octanol–water partition coefficient (Wildman–Crippen LogP) is 1.57. The summed E-state index contributed by atoms with van der Waals surface area (Å²) in [5, 5.41) is 22.8. The molecule has 0 radical (unpaired) electrons.